The molecule has 1 atom stereocenters. The summed E-state index contributed by atoms with van der Waals surface area (Å²) in [6.07, 6.45) is -0.273. The van der Waals surface area contributed by atoms with Gasteiger partial charge >= 0.3 is 6.09 Å². The highest BCUT2D eigenvalue weighted by Gasteiger charge is 2.31. The maximum absolute atomic E-state index is 12.2. The van der Waals surface area contributed by atoms with E-state index in [2.05, 4.69) is 0 Å². The molecule has 1 heterocycles. The van der Waals surface area contributed by atoms with Gasteiger partial charge in [0, 0.05) is 6.54 Å². The highest BCUT2D eigenvalue weighted by Crippen LogP contribution is 2.25. The molecule has 0 unspecified atom stereocenters. The van der Waals surface area contributed by atoms with E-state index in [1.54, 1.807) is 4.90 Å². The number of hydrogen-bond acceptors (Lipinski definition) is 3. The zero-order valence-corrected chi connectivity index (χ0v) is 11.8. The van der Waals surface area contributed by atoms with E-state index < -0.39 is 5.60 Å². The number of nitrogens with zero attached hydrogens (tertiary/aromatic N) is 1. The minimum Gasteiger partial charge on any atom is -0.444 e. The Morgan fingerprint density at radius 1 is 1.32 bits per heavy atom. The zero-order valence-electron chi connectivity index (χ0n) is 11.8. The topological polar surface area (TPSA) is 38.8 Å². The van der Waals surface area contributed by atoms with Crippen LogP contribution in [0.2, 0.25) is 0 Å². The van der Waals surface area contributed by atoms with Gasteiger partial charge in [-0.25, -0.2) is 4.79 Å². The van der Waals surface area contributed by atoms with Gasteiger partial charge in [0.1, 0.15) is 5.60 Å². The van der Waals surface area contributed by atoms with Crippen molar-refractivity contribution in [2.24, 2.45) is 0 Å². The summed E-state index contributed by atoms with van der Waals surface area (Å²) in [4.78, 5) is 14.0. The van der Waals surface area contributed by atoms with E-state index >= 15 is 0 Å². The molecular weight excluding hydrogens is 242 g/mol. The molecule has 0 radical (unpaired) electrons. The predicted molar refractivity (Wildman–Crippen MR) is 72.9 cm³/mol. The Labute approximate surface area is 114 Å². The second-order valence-corrected chi connectivity index (χ2v) is 5.68. The molecule has 1 saturated heterocycles. The quantitative estimate of drug-likeness (QED) is 0.782. The zero-order chi connectivity index (χ0) is 13.9. The number of amides is 1. The average molecular weight is 263 g/mol. The Bertz CT molecular complexity index is 425. The minimum absolute atomic E-state index is 0.0650. The van der Waals surface area contributed by atoms with Crippen molar-refractivity contribution in [1.29, 1.82) is 0 Å². The van der Waals surface area contributed by atoms with Gasteiger partial charge in [0.2, 0.25) is 0 Å². The van der Waals surface area contributed by atoms with Crippen LogP contribution in [0.5, 0.6) is 0 Å². The van der Waals surface area contributed by atoms with Crippen LogP contribution in [0.15, 0.2) is 30.3 Å². The number of rotatable bonds is 1. The number of hydrogen-bond donors (Lipinski definition) is 0. The lowest BCUT2D eigenvalue weighted by atomic mass is 10.1. The first-order valence-corrected chi connectivity index (χ1v) is 6.60. The van der Waals surface area contributed by atoms with Crippen LogP contribution in [-0.4, -0.2) is 36.4 Å². The molecule has 1 aliphatic rings. The van der Waals surface area contributed by atoms with E-state index in [1.165, 1.54) is 0 Å². The monoisotopic (exact) mass is 263 g/mol. The Hall–Kier alpha value is -1.55. The van der Waals surface area contributed by atoms with Gasteiger partial charge in [-0.1, -0.05) is 30.3 Å². The number of carbonyl (C=O) groups is 1. The first-order chi connectivity index (χ1) is 8.97. The van der Waals surface area contributed by atoms with Crippen molar-refractivity contribution in [3.63, 3.8) is 0 Å². The smallest absolute Gasteiger partial charge is 0.410 e. The summed E-state index contributed by atoms with van der Waals surface area (Å²) in [6.45, 7) is 7.27. The van der Waals surface area contributed by atoms with Gasteiger partial charge in [0.05, 0.1) is 19.3 Å². The molecule has 1 amide bonds. The summed E-state index contributed by atoms with van der Waals surface area (Å²) in [5, 5.41) is 0. The van der Waals surface area contributed by atoms with Crippen molar-refractivity contribution in [3.05, 3.63) is 35.9 Å². The highest BCUT2D eigenvalue weighted by atomic mass is 16.6. The fraction of sp³-hybridized carbons (Fsp3) is 0.533. The molecule has 1 aromatic carbocycles. The Kier molecular flexibility index (Phi) is 4.10. The summed E-state index contributed by atoms with van der Waals surface area (Å²) in [6, 6.07) is 9.86. The predicted octanol–water partition coefficient (Wildman–Crippen LogP) is 3.00. The van der Waals surface area contributed by atoms with E-state index in [4.69, 9.17) is 9.47 Å². The van der Waals surface area contributed by atoms with E-state index in [-0.39, 0.29) is 12.1 Å². The number of ether oxygens (including phenoxy) is 2. The third-order valence-electron chi connectivity index (χ3n) is 2.94. The SMILES string of the molecule is CC(C)(C)OC(=O)N1CCOC[C@@H]1c1ccccc1. The van der Waals surface area contributed by atoms with Gasteiger partial charge in [-0.2, -0.15) is 0 Å². The van der Waals surface area contributed by atoms with Crippen LogP contribution in [0.4, 0.5) is 4.79 Å². The summed E-state index contributed by atoms with van der Waals surface area (Å²) >= 11 is 0. The largest absolute Gasteiger partial charge is 0.444 e. The van der Waals surface area contributed by atoms with Gasteiger partial charge < -0.3 is 9.47 Å². The molecule has 1 aromatic rings. The van der Waals surface area contributed by atoms with E-state index in [1.807, 2.05) is 51.1 Å². The number of morpholine rings is 1. The molecule has 4 nitrogen and oxygen atoms in total. The Balaban J connectivity index is 2.15. The van der Waals surface area contributed by atoms with Crippen LogP contribution >= 0.6 is 0 Å². The molecular formula is C15H21NO3. The van der Waals surface area contributed by atoms with Crippen LogP contribution in [0.25, 0.3) is 0 Å². The van der Waals surface area contributed by atoms with Crippen molar-refractivity contribution >= 4 is 6.09 Å². The van der Waals surface area contributed by atoms with Crippen LogP contribution in [0, 0.1) is 0 Å². The molecule has 0 aromatic heterocycles. The van der Waals surface area contributed by atoms with Crippen LogP contribution < -0.4 is 0 Å². The molecule has 0 N–H and O–H groups in total. The van der Waals surface area contributed by atoms with Crippen molar-refractivity contribution in [2.45, 2.75) is 32.4 Å². The lowest BCUT2D eigenvalue weighted by Gasteiger charge is -2.36. The van der Waals surface area contributed by atoms with Gasteiger partial charge in [0.25, 0.3) is 0 Å². The molecule has 19 heavy (non-hydrogen) atoms. The molecule has 0 saturated carbocycles. The molecule has 0 bridgehead atoms. The maximum atomic E-state index is 12.2. The van der Waals surface area contributed by atoms with Gasteiger partial charge in [-0.05, 0) is 26.3 Å². The van der Waals surface area contributed by atoms with Crippen molar-refractivity contribution in [2.75, 3.05) is 19.8 Å². The van der Waals surface area contributed by atoms with Gasteiger partial charge in [0.15, 0.2) is 0 Å². The number of carbonyl (C=O) groups excluding carboxylic acids is 1. The van der Waals surface area contributed by atoms with Crippen molar-refractivity contribution < 1.29 is 14.3 Å². The van der Waals surface area contributed by atoms with E-state index in [0.29, 0.717) is 19.8 Å². The van der Waals surface area contributed by atoms with Gasteiger partial charge in [-0.15, -0.1) is 0 Å². The normalized spacial score (nSPS) is 20.2. The second-order valence-electron chi connectivity index (χ2n) is 5.68. The average Bonchev–Trinajstić information content (AvgIpc) is 2.38. The standard InChI is InChI=1S/C15H21NO3/c1-15(2,3)19-14(17)16-9-10-18-11-13(16)12-7-5-4-6-8-12/h4-8,13H,9-11H2,1-3H3/t13-/m1/s1. The first kappa shape index (κ1) is 13.9. The Morgan fingerprint density at radius 3 is 2.63 bits per heavy atom. The molecule has 0 spiro atoms. The van der Waals surface area contributed by atoms with Gasteiger partial charge in [-0.3, -0.25) is 4.90 Å². The van der Waals surface area contributed by atoms with E-state index in [9.17, 15) is 4.79 Å². The summed E-state index contributed by atoms with van der Waals surface area (Å²) in [7, 11) is 0. The molecule has 104 valence electrons. The second kappa shape index (κ2) is 5.61. The fourth-order valence-corrected chi connectivity index (χ4v) is 2.09. The van der Waals surface area contributed by atoms with Crippen molar-refractivity contribution in [1.82, 2.24) is 4.90 Å². The van der Waals surface area contributed by atoms with Crippen LogP contribution in [-0.2, 0) is 9.47 Å². The molecule has 1 fully saturated rings. The maximum Gasteiger partial charge on any atom is 0.410 e. The third kappa shape index (κ3) is 3.70. The van der Waals surface area contributed by atoms with E-state index in [0.717, 1.165) is 5.56 Å². The molecule has 2 rings (SSSR count). The fourth-order valence-electron chi connectivity index (χ4n) is 2.09. The van der Waals surface area contributed by atoms with Crippen LogP contribution in [0.3, 0.4) is 0 Å². The minimum atomic E-state index is -0.476. The lowest BCUT2D eigenvalue weighted by molar-refractivity contribution is -0.0331. The molecule has 1 aliphatic heterocycles. The summed E-state index contributed by atoms with van der Waals surface area (Å²) in [5.74, 6) is 0. The van der Waals surface area contributed by atoms with Crippen LogP contribution in [0.1, 0.15) is 32.4 Å². The summed E-state index contributed by atoms with van der Waals surface area (Å²) in [5.41, 5.74) is 0.601. The lowest BCUT2D eigenvalue weighted by Crippen LogP contribution is -2.45. The third-order valence-corrected chi connectivity index (χ3v) is 2.94. The summed E-state index contributed by atoms with van der Waals surface area (Å²) < 4.78 is 11.0. The molecule has 4 heteroatoms. The molecule has 0 aliphatic carbocycles. The first-order valence-electron chi connectivity index (χ1n) is 6.60. The van der Waals surface area contributed by atoms with Crippen molar-refractivity contribution in [3.8, 4) is 0 Å². The number of benzene rings is 1. The Morgan fingerprint density at radius 2 is 2.00 bits per heavy atom. The highest BCUT2D eigenvalue weighted by molar-refractivity contribution is 5.69.